The predicted molar refractivity (Wildman–Crippen MR) is 110 cm³/mol. The van der Waals surface area contributed by atoms with Crippen LogP contribution in [0.2, 0.25) is 0 Å². The van der Waals surface area contributed by atoms with E-state index in [0.29, 0.717) is 17.2 Å². The number of anilines is 4. The van der Waals surface area contributed by atoms with Gasteiger partial charge in [0.15, 0.2) is 0 Å². The number of benzene rings is 2. The maximum atomic E-state index is 12.4. The van der Waals surface area contributed by atoms with Crippen molar-refractivity contribution in [1.82, 2.24) is 9.97 Å². The third-order valence-corrected chi connectivity index (χ3v) is 4.23. The summed E-state index contributed by atoms with van der Waals surface area (Å²) in [5.74, 6) is -0.0192. The molecule has 142 valence electrons. The zero-order valence-electron chi connectivity index (χ0n) is 15.9. The lowest BCUT2D eigenvalue weighted by molar-refractivity contribution is -0.114. The Kier molecular flexibility index (Phi) is 5.64. The van der Waals surface area contributed by atoms with Crippen LogP contribution in [0.5, 0.6) is 0 Å². The number of carbonyl (C=O) groups excluding carboxylic acids is 2. The van der Waals surface area contributed by atoms with Gasteiger partial charge in [-0.15, -0.1) is 0 Å². The molecule has 0 bridgehead atoms. The number of carbonyl (C=O) groups is 2. The van der Waals surface area contributed by atoms with Gasteiger partial charge >= 0.3 is 0 Å². The maximum absolute atomic E-state index is 12.4. The first-order valence-corrected chi connectivity index (χ1v) is 8.76. The quantitative estimate of drug-likeness (QED) is 0.625. The number of hydrogen-bond donors (Lipinski definition) is 3. The normalized spacial score (nSPS) is 10.2. The highest BCUT2D eigenvalue weighted by Gasteiger charge is 2.10. The molecule has 0 atom stereocenters. The van der Waals surface area contributed by atoms with Gasteiger partial charge in [0.25, 0.3) is 5.91 Å². The molecule has 28 heavy (non-hydrogen) atoms. The summed E-state index contributed by atoms with van der Waals surface area (Å²) >= 11 is 0. The summed E-state index contributed by atoms with van der Waals surface area (Å²) in [6.07, 6.45) is 2.95. The highest BCUT2D eigenvalue weighted by atomic mass is 16.2. The molecule has 7 nitrogen and oxygen atoms in total. The summed E-state index contributed by atoms with van der Waals surface area (Å²) in [5.41, 5.74) is 4.74. The Labute approximate surface area is 163 Å². The third kappa shape index (κ3) is 4.70. The Morgan fingerprint density at radius 1 is 0.857 bits per heavy atom. The van der Waals surface area contributed by atoms with Crippen LogP contribution in [0, 0.1) is 13.8 Å². The monoisotopic (exact) mass is 375 g/mol. The van der Waals surface area contributed by atoms with E-state index in [1.54, 1.807) is 24.3 Å². The van der Waals surface area contributed by atoms with Gasteiger partial charge in [0.05, 0.1) is 5.56 Å². The molecule has 0 fully saturated rings. The molecule has 3 aromatic rings. The van der Waals surface area contributed by atoms with E-state index in [1.165, 1.54) is 19.3 Å². The molecule has 1 aromatic heterocycles. The Morgan fingerprint density at radius 3 is 2.14 bits per heavy atom. The predicted octanol–water partition coefficient (Wildman–Crippen LogP) is 4.05. The van der Waals surface area contributed by atoms with Crippen molar-refractivity contribution in [3.8, 4) is 0 Å². The molecular formula is C21H21N5O2. The molecule has 0 aliphatic rings. The number of nitrogens with one attached hydrogen (secondary N) is 3. The number of hydrogen-bond acceptors (Lipinski definition) is 5. The van der Waals surface area contributed by atoms with E-state index in [2.05, 4.69) is 25.9 Å². The van der Waals surface area contributed by atoms with Crippen molar-refractivity contribution >= 4 is 34.8 Å². The first-order valence-electron chi connectivity index (χ1n) is 8.76. The van der Waals surface area contributed by atoms with Crippen LogP contribution >= 0.6 is 0 Å². The van der Waals surface area contributed by atoms with E-state index >= 15 is 0 Å². The summed E-state index contributed by atoms with van der Waals surface area (Å²) in [4.78, 5) is 31.9. The summed E-state index contributed by atoms with van der Waals surface area (Å²) < 4.78 is 0. The molecule has 0 saturated carbocycles. The van der Waals surface area contributed by atoms with Gasteiger partial charge in [-0.1, -0.05) is 12.1 Å². The molecule has 2 amide bonds. The lowest BCUT2D eigenvalue weighted by Crippen LogP contribution is -2.14. The van der Waals surface area contributed by atoms with Crippen LogP contribution in [0.25, 0.3) is 0 Å². The molecular weight excluding hydrogens is 354 g/mol. The van der Waals surface area contributed by atoms with E-state index in [0.717, 1.165) is 22.5 Å². The summed E-state index contributed by atoms with van der Waals surface area (Å²) in [6.45, 7) is 5.42. The SMILES string of the molecule is CC(=O)Nc1ccc(Nc2ncc(C(=O)Nc3cccc(C)c3C)cn2)cc1. The average molecular weight is 375 g/mol. The van der Waals surface area contributed by atoms with Crippen LogP contribution in [-0.4, -0.2) is 21.8 Å². The fraction of sp³-hybridized carbons (Fsp3) is 0.143. The molecule has 0 spiro atoms. The third-order valence-electron chi connectivity index (χ3n) is 4.23. The van der Waals surface area contributed by atoms with Gasteiger partial charge in [0.1, 0.15) is 0 Å². The number of aryl methyl sites for hydroxylation is 1. The first-order chi connectivity index (χ1) is 13.4. The minimum absolute atomic E-state index is 0.126. The lowest BCUT2D eigenvalue weighted by Gasteiger charge is -2.10. The second-order valence-corrected chi connectivity index (χ2v) is 6.38. The largest absolute Gasteiger partial charge is 0.326 e. The van der Waals surface area contributed by atoms with Crippen LogP contribution in [0.4, 0.5) is 23.0 Å². The molecule has 0 radical (unpaired) electrons. The van der Waals surface area contributed by atoms with Crippen molar-refractivity contribution < 1.29 is 9.59 Å². The smallest absolute Gasteiger partial charge is 0.258 e. The average Bonchev–Trinajstić information content (AvgIpc) is 2.67. The molecule has 1 heterocycles. The van der Waals surface area contributed by atoms with Crippen LogP contribution in [0.15, 0.2) is 54.9 Å². The Hall–Kier alpha value is -3.74. The van der Waals surface area contributed by atoms with Gasteiger partial charge in [-0.05, 0) is 55.3 Å². The van der Waals surface area contributed by atoms with Crippen LogP contribution in [0.1, 0.15) is 28.4 Å². The van der Waals surface area contributed by atoms with Gasteiger partial charge in [-0.3, -0.25) is 9.59 Å². The van der Waals surface area contributed by atoms with Crippen LogP contribution < -0.4 is 16.0 Å². The van der Waals surface area contributed by atoms with Crippen molar-refractivity contribution in [3.63, 3.8) is 0 Å². The van der Waals surface area contributed by atoms with Crippen molar-refractivity contribution in [3.05, 3.63) is 71.5 Å². The molecule has 2 aromatic carbocycles. The number of amides is 2. The summed E-state index contributed by atoms with van der Waals surface area (Å²) in [7, 11) is 0. The van der Waals surface area contributed by atoms with Crippen LogP contribution in [-0.2, 0) is 4.79 Å². The van der Waals surface area contributed by atoms with Crippen molar-refractivity contribution in [2.75, 3.05) is 16.0 Å². The molecule has 0 saturated heterocycles. The topological polar surface area (TPSA) is 96.0 Å². The standard InChI is InChI=1S/C21H21N5O2/c1-13-5-4-6-19(14(13)2)26-20(28)16-11-22-21(23-12-16)25-18-9-7-17(8-10-18)24-15(3)27/h4-12H,1-3H3,(H,24,27)(H,26,28)(H,22,23,25). The fourth-order valence-electron chi connectivity index (χ4n) is 2.56. The lowest BCUT2D eigenvalue weighted by atomic mass is 10.1. The Morgan fingerprint density at radius 2 is 1.50 bits per heavy atom. The van der Waals surface area contributed by atoms with E-state index in [1.807, 2.05) is 32.0 Å². The van der Waals surface area contributed by atoms with Crippen molar-refractivity contribution in [1.29, 1.82) is 0 Å². The minimum Gasteiger partial charge on any atom is -0.326 e. The highest BCUT2D eigenvalue weighted by molar-refractivity contribution is 6.04. The maximum Gasteiger partial charge on any atom is 0.258 e. The second kappa shape index (κ2) is 8.30. The molecule has 0 aliphatic heterocycles. The minimum atomic E-state index is -0.264. The summed E-state index contributed by atoms with van der Waals surface area (Å²) in [6, 6.07) is 12.9. The Balaban J connectivity index is 1.65. The molecule has 0 unspecified atom stereocenters. The number of rotatable bonds is 5. The van der Waals surface area contributed by atoms with Crippen molar-refractivity contribution in [2.24, 2.45) is 0 Å². The van der Waals surface area contributed by atoms with Gasteiger partial charge < -0.3 is 16.0 Å². The van der Waals surface area contributed by atoms with E-state index in [-0.39, 0.29) is 11.8 Å². The highest BCUT2D eigenvalue weighted by Crippen LogP contribution is 2.19. The van der Waals surface area contributed by atoms with E-state index in [4.69, 9.17) is 0 Å². The number of nitrogens with zero attached hydrogens (tertiary/aromatic N) is 2. The van der Waals surface area contributed by atoms with E-state index in [9.17, 15) is 9.59 Å². The van der Waals surface area contributed by atoms with E-state index < -0.39 is 0 Å². The zero-order chi connectivity index (χ0) is 20.1. The molecule has 3 N–H and O–H groups in total. The van der Waals surface area contributed by atoms with Gasteiger partial charge in [0, 0.05) is 36.4 Å². The molecule has 3 rings (SSSR count). The second-order valence-electron chi connectivity index (χ2n) is 6.38. The first kappa shape index (κ1) is 19.0. The molecule has 0 aliphatic carbocycles. The zero-order valence-corrected chi connectivity index (χ0v) is 15.9. The van der Waals surface area contributed by atoms with Gasteiger partial charge in [-0.2, -0.15) is 0 Å². The van der Waals surface area contributed by atoms with Crippen molar-refractivity contribution in [2.45, 2.75) is 20.8 Å². The van der Waals surface area contributed by atoms with Gasteiger partial charge in [-0.25, -0.2) is 9.97 Å². The number of aromatic nitrogens is 2. The Bertz CT molecular complexity index is 998. The fourth-order valence-corrected chi connectivity index (χ4v) is 2.56. The van der Waals surface area contributed by atoms with Gasteiger partial charge in [0.2, 0.25) is 11.9 Å². The summed E-state index contributed by atoms with van der Waals surface area (Å²) in [5, 5.41) is 8.64. The molecule has 7 heteroatoms. The van der Waals surface area contributed by atoms with Crippen LogP contribution in [0.3, 0.4) is 0 Å².